The van der Waals surface area contributed by atoms with Gasteiger partial charge in [-0.1, -0.05) is 19.1 Å². The Labute approximate surface area is 102 Å². The van der Waals surface area contributed by atoms with Gasteiger partial charge in [0.15, 0.2) is 11.5 Å². The molecule has 0 amide bonds. The highest BCUT2D eigenvalue weighted by atomic mass is 16.7. The number of fused-ring (bicyclic) bond motifs is 1. The van der Waals surface area contributed by atoms with Crippen LogP contribution in [0.2, 0.25) is 0 Å². The van der Waals surface area contributed by atoms with Crippen LogP contribution in [0, 0.1) is 11.8 Å². The topological polar surface area (TPSA) is 30.5 Å². The van der Waals surface area contributed by atoms with Gasteiger partial charge in [-0.2, -0.15) is 0 Å². The van der Waals surface area contributed by atoms with Crippen molar-refractivity contribution in [1.29, 1.82) is 0 Å². The van der Waals surface area contributed by atoms with E-state index in [0.717, 1.165) is 36.4 Å². The Bertz CT molecular complexity index is 401. The minimum atomic E-state index is 0.352. The number of benzene rings is 1. The van der Waals surface area contributed by atoms with E-state index in [1.165, 1.54) is 18.4 Å². The molecule has 0 bridgehead atoms. The summed E-state index contributed by atoms with van der Waals surface area (Å²) in [5.74, 6) is 3.55. The van der Waals surface area contributed by atoms with Crippen molar-refractivity contribution in [3.63, 3.8) is 0 Å². The molecule has 3 rings (SSSR count). The zero-order chi connectivity index (χ0) is 11.7. The van der Waals surface area contributed by atoms with Crippen molar-refractivity contribution in [2.45, 2.75) is 26.3 Å². The van der Waals surface area contributed by atoms with E-state index < -0.39 is 0 Å². The summed E-state index contributed by atoms with van der Waals surface area (Å²) in [5.41, 5.74) is 1.20. The molecule has 1 unspecified atom stereocenters. The van der Waals surface area contributed by atoms with Gasteiger partial charge in [-0.3, -0.25) is 0 Å². The standard InChI is InChI=1S/C14H19NO2/c1-10(11-5-6-11)7-15-8-12-3-2-4-13-14(12)17-9-16-13/h2-4,10-11,15H,5-9H2,1H3. The Hall–Kier alpha value is -1.22. The van der Waals surface area contributed by atoms with Crippen LogP contribution in [-0.2, 0) is 6.54 Å². The van der Waals surface area contributed by atoms with Crippen molar-refractivity contribution < 1.29 is 9.47 Å². The molecule has 1 atom stereocenters. The van der Waals surface area contributed by atoms with Gasteiger partial charge in [0.25, 0.3) is 0 Å². The molecule has 1 heterocycles. The monoisotopic (exact) mass is 233 g/mol. The number of para-hydroxylation sites is 1. The first-order valence-electron chi connectivity index (χ1n) is 6.43. The van der Waals surface area contributed by atoms with E-state index in [1.807, 2.05) is 12.1 Å². The molecule has 0 aromatic heterocycles. The zero-order valence-corrected chi connectivity index (χ0v) is 10.2. The van der Waals surface area contributed by atoms with Gasteiger partial charge in [0.2, 0.25) is 6.79 Å². The number of rotatable bonds is 5. The molecule has 1 fully saturated rings. The third kappa shape index (κ3) is 2.39. The summed E-state index contributed by atoms with van der Waals surface area (Å²) >= 11 is 0. The molecule has 92 valence electrons. The van der Waals surface area contributed by atoms with Crippen molar-refractivity contribution in [2.75, 3.05) is 13.3 Å². The summed E-state index contributed by atoms with van der Waals surface area (Å²) in [7, 11) is 0. The van der Waals surface area contributed by atoms with Gasteiger partial charge in [0.05, 0.1) is 0 Å². The Kier molecular flexibility index (Phi) is 2.93. The lowest BCUT2D eigenvalue weighted by Gasteiger charge is -2.12. The third-order valence-corrected chi connectivity index (χ3v) is 3.69. The highest BCUT2D eigenvalue weighted by molar-refractivity contribution is 5.48. The molecule has 0 radical (unpaired) electrons. The lowest BCUT2D eigenvalue weighted by Crippen LogP contribution is -2.22. The van der Waals surface area contributed by atoms with Crippen LogP contribution in [0.1, 0.15) is 25.3 Å². The van der Waals surface area contributed by atoms with Crippen molar-refractivity contribution in [2.24, 2.45) is 11.8 Å². The average Bonchev–Trinajstić information content (AvgIpc) is 3.07. The summed E-state index contributed by atoms with van der Waals surface area (Å²) in [6.45, 7) is 4.64. The van der Waals surface area contributed by atoms with E-state index in [2.05, 4.69) is 18.3 Å². The van der Waals surface area contributed by atoms with E-state index in [1.54, 1.807) is 0 Å². The van der Waals surface area contributed by atoms with Crippen LogP contribution < -0.4 is 14.8 Å². The molecule has 1 saturated carbocycles. The second kappa shape index (κ2) is 4.57. The quantitative estimate of drug-likeness (QED) is 0.847. The molecular weight excluding hydrogens is 214 g/mol. The Morgan fingerprint density at radius 1 is 1.35 bits per heavy atom. The fraction of sp³-hybridized carbons (Fsp3) is 0.571. The summed E-state index contributed by atoms with van der Waals surface area (Å²) < 4.78 is 10.8. The molecular formula is C14H19NO2. The summed E-state index contributed by atoms with van der Waals surface area (Å²) in [6, 6.07) is 6.08. The van der Waals surface area contributed by atoms with Crippen LogP contribution in [0.4, 0.5) is 0 Å². The summed E-state index contributed by atoms with van der Waals surface area (Å²) in [5, 5.41) is 3.52. The summed E-state index contributed by atoms with van der Waals surface area (Å²) in [6.07, 6.45) is 2.83. The zero-order valence-electron chi connectivity index (χ0n) is 10.2. The van der Waals surface area contributed by atoms with Gasteiger partial charge >= 0.3 is 0 Å². The molecule has 17 heavy (non-hydrogen) atoms. The van der Waals surface area contributed by atoms with Crippen molar-refractivity contribution in [3.8, 4) is 11.5 Å². The van der Waals surface area contributed by atoms with Crippen LogP contribution in [0.15, 0.2) is 18.2 Å². The van der Waals surface area contributed by atoms with E-state index in [0.29, 0.717) is 6.79 Å². The highest BCUT2D eigenvalue weighted by Crippen LogP contribution is 2.37. The van der Waals surface area contributed by atoms with Crippen molar-refractivity contribution in [1.82, 2.24) is 5.32 Å². The predicted molar refractivity (Wildman–Crippen MR) is 66.2 cm³/mol. The molecule has 3 heteroatoms. The molecule has 1 aliphatic carbocycles. The van der Waals surface area contributed by atoms with Gasteiger partial charge in [0, 0.05) is 12.1 Å². The van der Waals surface area contributed by atoms with Crippen LogP contribution in [0.25, 0.3) is 0 Å². The molecule has 1 aromatic carbocycles. The molecule has 1 aliphatic heterocycles. The molecule has 1 aromatic rings. The SMILES string of the molecule is CC(CNCc1cccc2c1OCO2)C1CC1. The van der Waals surface area contributed by atoms with Gasteiger partial charge in [-0.25, -0.2) is 0 Å². The Morgan fingerprint density at radius 3 is 3.06 bits per heavy atom. The van der Waals surface area contributed by atoms with Gasteiger partial charge in [-0.15, -0.1) is 0 Å². The maximum atomic E-state index is 5.48. The van der Waals surface area contributed by atoms with Crippen LogP contribution in [-0.4, -0.2) is 13.3 Å². The minimum Gasteiger partial charge on any atom is -0.454 e. The number of nitrogens with one attached hydrogen (secondary N) is 1. The second-order valence-corrected chi connectivity index (χ2v) is 5.10. The molecule has 0 saturated heterocycles. The second-order valence-electron chi connectivity index (χ2n) is 5.10. The van der Waals surface area contributed by atoms with E-state index in [-0.39, 0.29) is 0 Å². The van der Waals surface area contributed by atoms with Gasteiger partial charge in [-0.05, 0) is 37.3 Å². The van der Waals surface area contributed by atoms with Crippen molar-refractivity contribution >= 4 is 0 Å². The van der Waals surface area contributed by atoms with E-state index >= 15 is 0 Å². The molecule has 0 spiro atoms. The molecule has 2 aliphatic rings. The van der Waals surface area contributed by atoms with Crippen molar-refractivity contribution in [3.05, 3.63) is 23.8 Å². The first-order valence-corrected chi connectivity index (χ1v) is 6.43. The fourth-order valence-electron chi connectivity index (χ4n) is 2.40. The first kappa shape index (κ1) is 10.9. The van der Waals surface area contributed by atoms with Crippen LogP contribution >= 0.6 is 0 Å². The number of hydrogen-bond acceptors (Lipinski definition) is 3. The van der Waals surface area contributed by atoms with Gasteiger partial charge < -0.3 is 14.8 Å². The Balaban J connectivity index is 1.56. The summed E-state index contributed by atoms with van der Waals surface area (Å²) in [4.78, 5) is 0. The predicted octanol–water partition coefficient (Wildman–Crippen LogP) is 2.55. The minimum absolute atomic E-state index is 0.352. The lowest BCUT2D eigenvalue weighted by molar-refractivity contribution is 0.173. The van der Waals surface area contributed by atoms with E-state index in [9.17, 15) is 0 Å². The average molecular weight is 233 g/mol. The molecule has 3 nitrogen and oxygen atoms in total. The maximum absolute atomic E-state index is 5.48. The van der Waals surface area contributed by atoms with Gasteiger partial charge in [0.1, 0.15) is 0 Å². The normalized spacial score (nSPS) is 19.4. The Morgan fingerprint density at radius 2 is 2.24 bits per heavy atom. The maximum Gasteiger partial charge on any atom is 0.231 e. The number of hydrogen-bond donors (Lipinski definition) is 1. The van der Waals surface area contributed by atoms with Crippen LogP contribution in [0.5, 0.6) is 11.5 Å². The smallest absolute Gasteiger partial charge is 0.231 e. The van der Waals surface area contributed by atoms with Crippen LogP contribution in [0.3, 0.4) is 0 Å². The first-order chi connectivity index (χ1) is 8.34. The fourth-order valence-corrected chi connectivity index (χ4v) is 2.40. The third-order valence-electron chi connectivity index (χ3n) is 3.69. The van der Waals surface area contributed by atoms with E-state index in [4.69, 9.17) is 9.47 Å². The largest absolute Gasteiger partial charge is 0.454 e. The molecule has 1 N–H and O–H groups in total. The highest BCUT2D eigenvalue weighted by Gasteiger charge is 2.27. The number of ether oxygens (including phenoxy) is 2. The lowest BCUT2D eigenvalue weighted by atomic mass is 10.1.